The lowest BCUT2D eigenvalue weighted by molar-refractivity contribution is 0.360. The maximum Gasteiger partial charge on any atom is 0.206 e. The molecular weight excluding hydrogens is 161 g/mol. The molecule has 1 aromatic rings. The van der Waals surface area contributed by atoms with E-state index in [0.717, 1.165) is 0 Å². The standard InChI is InChI=1S/C8H10FNO2/c1-12-8-5(4-10)2-3-6(11)7(8)9/h2-3,11H,4,10H2,1H3. The SMILES string of the molecule is COc1c(CN)ccc(O)c1F. The maximum absolute atomic E-state index is 13.0. The van der Waals surface area contributed by atoms with Crippen LogP contribution in [0.1, 0.15) is 5.56 Å². The van der Waals surface area contributed by atoms with E-state index in [-0.39, 0.29) is 12.3 Å². The summed E-state index contributed by atoms with van der Waals surface area (Å²) < 4.78 is 17.8. The Morgan fingerprint density at radius 1 is 1.58 bits per heavy atom. The Bertz CT molecular complexity index is 289. The first kappa shape index (κ1) is 8.80. The minimum absolute atomic E-state index is 0.0116. The van der Waals surface area contributed by atoms with E-state index in [0.29, 0.717) is 5.56 Å². The molecular formula is C8H10FNO2. The summed E-state index contributed by atoms with van der Waals surface area (Å²) in [6.45, 7) is 0.181. The Labute approximate surface area is 69.6 Å². The monoisotopic (exact) mass is 171 g/mol. The molecule has 0 unspecified atom stereocenters. The molecule has 0 spiro atoms. The predicted molar refractivity (Wildman–Crippen MR) is 42.5 cm³/mol. The van der Waals surface area contributed by atoms with Gasteiger partial charge in [-0.25, -0.2) is 0 Å². The molecule has 3 nitrogen and oxygen atoms in total. The van der Waals surface area contributed by atoms with E-state index in [1.807, 2.05) is 0 Å². The number of nitrogens with two attached hydrogens (primary N) is 1. The number of hydrogen-bond acceptors (Lipinski definition) is 3. The zero-order valence-corrected chi connectivity index (χ0v) is 6.67. The summed E-state index contributed by atoms with van der Waals surface area (Å²) in [7, 11) is 1.33. The summed E-state index contributed by atoms with van der Waals surface area (Å²) in [6.07, 6.45) is 0. The van der Waals surface area contributed by atoms with E-state index in [4.69, 9.17) is 15.6 Å². The molecule has 0 saturated carbocycles. The van der Waals surface area contributed by atoms with Crippen LogP contribution < -0.4 is 10.5 Å². The van der Waals surface area contributed by atoms with Crippen molar-refractivity contribution in [1.82, 2.24) is 0 Å². The third-order valence-corrected chi connectivity index (χ3v) is 1.58. The number of phenols is 1. The summed E-state index contributed by atoms with van der Waals surface area (Å²) >= 11 is 0. The minimum atomic E-state index is -0.763. The van der Waals surface area contributed by atoms with Gasteiger partial charge < -0.3 is 15.6 Å². The molecule has 66 valence electrons. The van der Waals surface area contributed by atoms with Crippen molar-refractivity contribution >= 4 is 0 Å². The molecule has 3 N–H and O–H groups in total. The van der Waals surface area contributed by atoms with Crippen molar-refractivity contribution < 1.29 is 14.2 Å². The van der Waals surface area contributed by atoms with Crippen molar-refractivity contribution in [1.29, 1.82) is 0 Å². The van der Waals surface area contributed by atoms with Gasteiger partial charge in [-0.2, -0.15) is 4.39 Å². The number of phenolic OH excluding ortho intramolecular Hbond substituents is 1. The third kappa shape index (κ3) is 1.33. The van der Waals surface area contributed by atoms with Gasteiger partial charge in [-0.15, -0.1) is 0 Å². The molecule has 0 radical (unpaired) electrons. The van der Waals surface area contributed by atoms with Crippen molar-refractivity contribution in [3.05, 3.63) is 23.5 Å². The first-order valence-electron chi connectivity index (χ1n) is 3.45. The predicted octanol–water partition coefficient (Wildman–Crippen LogP) is 0.999. The van der Waals surface area contributed by atoms with Crippen LogP contribution in [0.3, 0.4) is 0 Å². The van der Waals surface area contributed by atoms with Gasteiger partial charge in [0.1, 0.15) is 0 Å². The van der Waals surface area contributed by atoms with E-state index < -0.39 is 11.6 Å². The van der Waals surface area contributed by atoms with Crippen LogP contribution in [-0.4, -0.2) is 12.2 Å². The molecule has 0 fully saturated rings. The topological polar surface area (TPSA) is 55.5 Å². The molecule has 1 rings (SSSR count). The molecule has 0 atom stereocenters. The number of hydrogen-bond donors (Lipinski definition) is 2. The van der Waals surface area contributed by atoms with Crippen LogP contribution in [0.4, 0.5) is 4.39 Å². The zero-order chi connectivity index (χ0) is 9.14. The lowest BCUT2D eigenvalue weighted by Gasteiger charge is -2.07. The van der Waals surface area contributed by atoms with Crippen LogP contribution in [0.5, 0.6) is 11.5 Å². The molecule has 0 heterocycles. The van der Waals surface area contributed by atoms with Crippen LogP contribution in [0, 0.1) is 5.82 Å². The van der Waals surface area contributed by atoms with Crippen molar-refractivity contribution in [2.45, 2.75) is 6.54 Å². The Kier molecular flexibility index (Phi) is 2.50. The highest BCUT2D eigenvalue weighted by atomic mass is 19.1. The normalized spacial score (nSPS) is 9.92. The average molecular weight is 171 g/mol. The summed E-state index contributed by atoms with van der Waals surface area (Å²) in [5.41, 5.74) is 5.85. The second kappa shape index (κ2) is 3.40. The number of aromatic hydroxyl groups is 1. The van der Waals surface area contributed by atoms with Crippen molar-refractivity contribution in [3.8, 4) is 11.5 Å². The zero-order valence-electron chi connectivity index (χ0n) is 6.67. The second-order valence-corrected chi connectivity index (χ2v) is 2.30. The van der Waals surface area contributed by atoms with Gasteiger partial charge in [0.05, 0.1) is 7.11 Å². The Morgan fingerprint density at radius 2 is 2.25 bits per heavy atom. The Balaban J connectivity index is 3.25. The van der Waals surface area contributed by atoms with E-state index in [1.54, 1.807) is 0 Å². The summed E-state index contributed by atoms with van der Waals surface area (Å²) in [5.74, 6) is -1.18. The van der Waals surface area contributed by atoms with Gasteiger partial charge in [0.15, 0.2) is 11.5 Å². The molecule has 1 aromatic carbocycles. The van der Waals surface area contributed by atoms with E-state index in [9.17, 15) is 4.39 Å². The molecule has 0 aliphatic carbocycles. The molecule has 0 aliphatic heterocycles. The summed E-state index contributed by atoms with van der Waals surface area (Å²) in [4.78, 5) is 0. The minimum Gasteiger partial charge on any atom is -0.505 e. The lowest BCUT2D eigenvalue weighted by atomic mass is 10.2. The van der Waals surface area contributed by atoms with Crippen LogP contribution in [0.25, 0.3) is 0 Å². The first-order chi connectivity index (χ1) is 5.70. The lowest BCUT2D eigenvalue weighted by Crippen LogP contribution is -2.01. The molecule has 0 aromatic heterocycles. The smallest absolute Gasteiger partial charge is 0.206 e. The van der Waals surface area contributed by atoms with Gasteiger partial charge >= 0.3 is 0 Å². The summed E-state index contributed by atoms with van der Waals surface area (Å²) in [5, 5.41) is 8.96. The number of halogens is 1. The van der Waals surface area contributed by atoms with Crippen molar-refractivity contribution in [2.24, 2.45) is 5.73 Å². The third-order valence-electron chi connectivity index (χ3n) is 1.58. The highest BCUT2D eigenvalue weighted by molar-refractivity contribution is 5.41. The fourth-order valence-corrected chi connectivity index (χ4v) is 0.967. The Morgan fingerprint density at radius 3 is 2.75 bits per heavy atom. The highest BCUT2D eigenvalue weighted by Gasteiger charge is 2.11. The molecule has 0 aliphatic rings. The largest absolute Gasteiger partial charge is 0.505 e. The van der Waals surface area contributed by atoms with Gasteiger partial charge in [0.25, 0.3) is 0 Å². The van der Waals surface area contributed by atoms with Crippen LogP contribution in [0.15, 0.2) is 12.1 Å². The number of rotatable bonds is 2. The highest BCUT2D eigenvalue weighted by Crippen LogP contribution is 2.28. The molecule has 0 bridgehead atoms. The number of methoxy groups -OCH3 is 1. The van der Waals surface area contributed by atoms with Gasteiger partial charge in [-0.05, 0) is 6.07 Å². The molecule has 12 heavy (non-hydrogen) atoms. The average Bonchev–Trinajstić information content (AvgIpc) is 2.09. The molecule has 0 saturated heterocycles. The van der Waals surface area contributed by atoms with Crippen molar-refractivity contribution in [3.63, 3.8) is 0 Å². The molecule has 0 amide bonds. The van der Waals surface area contributed by atoms with E-state index in [1.165, 1.54) is 19.2 Å². The first-order valence-corrected chi connectivity index (χ1v) is 3.45. The van der Waals surface area contributed by atoms with E-state index in [2.05, 4.69) is 0 Å². The molecule has 4 heteroatoms. The fraction of sp³-hybridized carbons (Fsp3) is 0.250. The maximum atomic E-state index is 13.0. The van der Waals surface area contributed by atoms with Gasteiger partial charge in [-0.1, -0.05) is 6.07 Å². The van der Waals surface area contributed by atoms with Gasteiger partial charge in [0, 0.05) is 12.1 Å². The summed E-state index contributed by atoms with van der Waals surface area (Å²) in [6, 6.07) is 2.78. The van der Waals surface area contributed by atoms with Crippen LogP contribution in [-0.2, 0) is 6.54 Å². The van der Waals surface area contributed by atoms with E-state index >= 15 is 0 Å². The van der Waals surface area contributed by atoms with Crippen LogP contribution >= 0.6 is 0 Å². The van der Waals surface area contributed by atoms with Gasteiger partial charge in [0.2, 0.25) is 5.82 Å². The van der Waals surface area contributed by atoms with Gasteiger partial charge in [-0.3, -0.25) is 0 Å². The van der Waals surface area contributed by atoms with Crippen LogP contribution in [0.2, 0.25) is 0 Å². The number of benzene rings is 1. The quantitative estimate of drug-likeness (QED) is 0.697. The fourth-order valence-electron chi connectivity index (χ4n) is 0.967. The number of ether oxygens (including phenoxy) is 1. The Hall–Kier alpha value is -1.29. The second-order valence-electron chi connectivity index (χ2n) is 2.30. The van der Waals surface area contributed by atoms with Crippen molar-refractivity contribution in [2.75, 3.05) is 7.11 Å².